The molecule has 0 aromatic rings. The molecule has 0 aliphatic carbocycles. The smallest absolute Gasteiger partial charge is 0.222 e. The lowest BCUT2D eigenvalue weighted by molar-refractivity contribution is -0.131. The van der Waals surface area contributed by atoms with E-state index in [1.54, 1.807) is 0 Å². The van der Waals surface area contributed by atoms with Crippen LogP contribution in [0.4, 0.5) is 0 Å². The zero-order chi connectivity index (χ0) is 14.5. The number of carbonyl (C=O) groups excluding carboxylic acids is 1. The molecule has 0 aromatic heterocycles. The molecule has 1 amide bonds. The zero-order valence-electron chi connectivity index (χ0n) is 13.7. The predicted octanol–water partition coefficient (Wildman–Crippen LogP) is 4.63. The Bertz CT molecular complexity index is 285. The van der Waals surface area contributed by atoms with Crippen LogP contribution in [0, 0.1) is 11.3 Å². The molecule has 0 radical (unpaired) electrons. The van der Waals surface area contributed by atoms with Crippen LogP contribution in [0.3, 0.4) is 0 Å². The molecule has 112 valence electrons. The summed E-state index contributed by atoms with van der Waals surface area (Å²) in [5, 5.41) is 0. The van der Waals surface area contributed by atoms with Crippen LogP contribution in [-0.4, -0.2) is 23.4 Å². The van der Waals surface area contributed by atoms with Crippen molar-refractivity contribution in [3.8, 4) is 0 Å². The highest BCUT2D eigenvalue weighted by Crippen LogP contribution is 2.35. The Morgan fingerprint density at radius 2 is 2.00 bits per heavy atom. The average molecular weight is 267 g/mol. The van der Waals surface area contributed by atoms with Crippen LogP contribution in [0.2, 0.25) is 0 Å². The van der Waals surface area contributed by atoms with Gasteiger partial charge in [0.1, 0.15) is 0 Å². The maximum Gasteiger partial charge on any atom is 0.222 e. The van der Waals surface area contributed by atoms with Crippen molar-refractivity contribution in [2.45, 2.75) is 85.6 Å². The number of hydrogen-bond donors (Lipinski definition) is 0. The third-order valence-electron chi connectivity index (χ3n) is 4.78. The van der Waals surface area contributed by atoms with E-state index < -0.39 is 0 Å². The lowest BCUT2D eigenvalue weighted by Gasteiger charge is -2.38. The number of carbonyl (C=O) groups is 1. The van der Waals surface area contributed by atoms with Gasteiger partial charge in [0.05, 0.1) is 0 Å². The Morgan fingerprint density at radius 1 is 1.32 bits per heavy atom. The summed E-state index contributed by atoms with van der Waals surface area (Å²) < 4.78 is 0. The molecule has 2 nitrogen and oxygen atoms in total. The molecule has 2 unspecified atom stereocenters. The van der Waals surface area contributed by atoms with Crippen molar-refractivity contribution in [1.82, 2.24) is 4.90 Å². The van der Waals surface area contributed by atoms with Gasteiger partial charge in [-0.1, -0.05) is 53.9 Å². The summed E-state index contributed by atoms with van der Waals surface area (Å²) in [6.45, 7) is 12.5. The Morgan fingerprint density at radius 3 is 2.47 bits per heavy atom. The molecule has 0 saturated carbocycles. The van der Waals surface area contributed by atoms with E-state index in [1.807, 2.05) is 0 Å². The summed E-state index contributed by atoms with van der Waals surface area (Å²) in [5.74, 6) is 1.000. The highest BCUT2D eigenvalue weighted by molar-refractivity contribution is 5.78. The molecule has 2 heteroatoms. The van der Waals surface area contributed by atoms with Gasteiger partial charge in [0.25, 0.3) is 0 Å². The van der Waals surface area contributed by atoms with Crippen molar-refractivity contribution in [3.63, 3.8) is 0 Å². The van der Waals surface area contributed by atoms with E-state index in [0.717, 1.165) is 32.2 Å². The summed E-state index contributed by atoms with van der Waals surface area (Å²) in [5.41, 5.74) is 0.354. The van der Waals surface area contributed by atoms with Crippen molar-refractivity contribution >= 4 is 5.91 Å². The first-order valence-electron chi connectivity index (χ1n) is 8.20. The van der Waals surface area contributed by atoms with Gasteiger partial charge in [-0.3, -0.25) is 4.79 Å². The Kier molecular flexibility index (Phi) is 6.35. The number of rotatable bonds is 8. The van der Waals surface area contributed by atoms with Crippen LogP contribution in [-0.2, 0) is 4.79 Å². The Labute approximate surface area is 119 Å². The first-order valence-corrected chi connectivity index (χ1v) is 8.20. The topological polar surface area (TPSA) is 20.3 Å². The highest BCUT2D eigenvalue weighted by atomic mass is 16.2. The molecule has 19 heavy (non-hydrogen) atoms. The van der Waals surface area contributed by atoms with Crippen LogP contribution in [0.25, 0.3) is 0 Å². The summed E-state index contributed by atoms with van der Waals surface area (Å²) in [6.07, 6.45) is 7.99. The maximum atomic E-state index is 12.1. The van der Waals surface area contributed by atoms with Gasteiger partial charge >= 0.3 is 0 Å². The second kappa shape index (κ2) is 7.31. The van der Waals surface area contributed by atoms with Gasteiger partial charge in [-0.25, -0.2) is 0 Å². The molecule has 1 saturated heterocycles. The Balaban J connectivity index is 2.71. The largest absolute Gasteiger partial charge is 0.339 e. The third-order valence-corrected chi connectivity index (χ3v) is 4.78. The second-order valence-corrected chi connectivity index (χ2v) is 7.12. The van der Waals surface area contributed by atoms with Crippen molar-refractivity contribution in [1.29, 1.82) is 0 Å². The molecular formula is C17H33NO. The van der Waals surface area contributed by atoms with Crippen molar-refractivity contribution in [2.24, 2.45) is 11.3 Å². The number of nitrogens with zero attached hydrogens (tertiary/aromatic N) is 1. The average Bonchev–Trinajstić information content (AvgIpc) is 2.79. The van der Waals surface area contributed by atoms with Gasteiger partial charge in [0, 0.05) is 19.0 Å². The van der Waals surface area contributed by atoms with Crippen LogP contribution in [0.5, 0.6) is 0 Å². The zero-order valence-corrected chi connectivity index (χ0v) is 13.7. The normalized spacial score (nSPS) is 19.8. The van der Waals surface area contributed by atoms with Gasteiger partial charge in [-0.2, -0.15) is 0 Å². The van der Waals surface area contributed by atoms with Crippen LogP contribution in [0.1, 0.15) is 79.6 Å². The first-order chi connectivity index (χ1) is 8.91. The van der Waals surface area contributed by atoms with Crippen molar-refractivity contribution in [2.75, 3.05) is 6.54 Å². The van der Waals surface area contributed by atoms with Crippen molar-refractivity contribution < 1.29 is 4.79 Å². The van der Waals surface area contributed by atoms with Crippen LogP contribution < -0.4 is 0 Å². The fraction of sp³-hybridized carbons (Fsp3) is 0.941. The van der Waals surface area contributed by atoms with E-state index in [1.165, 1.54) is 19.3 Å². The molecule has 0 aromatic carbocycles. The lowest BCUT2D eigenvalue weighted by atomic mass is 9.77. The minimum atomic E-state index is 0.354. The fourth-order valence-electron chi connectivity index (χ4n) is 3.23. The van der Waals surface area contributed by atoms with Gasteiger partial charge in [-0.15, -0.1) is 0 Å². The standard InChI is InChI=1S/C17H33NO/c1-6-8-11-17(4,5)13-15(14(3)7-2)18-12-9-10-16(18)19/h14-15H,6-13H2,1-5H3. The quantitative estimate of drug-likeness (QED) is 0.628. The summed E-state index contributed by atoms with van der Waals surface area (Å²) in [7, 11) is 0. The predicted molar refractivity (Wildman–Crippen MR) is 82.1 cm³/mol. The maximum absolute atomic E-state index is 12.1. The molecule has 0 spiro atoms. The molecule has 0 N–H and O–H groups in total. The number of likely N-dealkylation sites (tertiary alicyclic amines) is 1. The monoisotopic (exact) mass is 267 g/mol. The molecule has 1 aliphatic rings. The molecule has 0 bridgehead atoms. The summed E-state index contributed by atoms with van der Waals surface area (Å²) in [4.78, 5) is 14.2. The van der Waals surface area contributed by atoms with E-state index in [-0.39, 0.29) is 0 Å². The summed E-state index contributed by atoms with van der Waals surface area (Å²) in [6, 6.07) is 0.451. The molecule has 1 aliphatic heterocycles. The molecule has 2 atom stereocenters. The van der Waals surface area contributed by atoms with Crippen molar-refractivity contribution in [3.05, 3.63) is 0 Å². The number of unbranched alkanes of at least 4 members (excludes halogenated alkanes) is 1. The minimum absolute atomic E-state index is 0.354. The van der Waals surface area contributed by atoms with E-state index >= 15 is 0 Å². The van der Waals surface area contributed by atoms with Gasteiger partial charge in [0.15, 0.2) is 0 Å². The molecular weight excluding hydrogens is 234 g/mol. The fourth-order valence-corrected chi connectivity index (χ4v) is 3.23. The molecule has 1 fully saturated rings. The van der Waals surface area contributed by atoms with E-state index in [2.05, 4.69) is 39.5 Å². The Hall–Kier alpha value is -0.530. The minimum Gasteiger partial charge on any atom is -0.339 e. The van der Waals surface area contributed by atoms with Gasteiger partial charge < -0.3 is 4.90 Å². The SMILES string of the molecule is CCCCC(C)(C)CC(C(C)CC)N1CCCC1=O. The molecule has 1 rings (SSSR count). The number of amides is 1. The molecule has 1 heterocycles. The second-order valence-electron chi connectivity index (χ2n) is 7.12. The number of hydrogen-bond acceptors (Lipinski definition) is 1. The van der Waals surface area contributed by atoms with Gasteiger partial charge in [0.2, 0.25) is 5.91 Å². The lowest BCUT2D eigenvalue weighted by Crippen LogP contribution is -2.43. The van der Waals surface area contributed by atoms with E-state index in [0.29, 0.717) is 23.3 Å². The van der Waals surface area contributed by atoms with E-state index in [4.69, 9.17) is 0 Å². The van der Waals surface area contributed by atoms with E-state index in [9.17, 15) is 4.79 Å². The third kappa shape index (κ3) is 4.81. The highest BCUT2D eigenvalue weighted by Gasteiger charge is 2.34. The first kappa shape index (κ1) is 16.5. The van der Waals surface area contributed by atoms with Crippen LogP contribution in [0.15, 0.2) is 0 Å². The summed E-state index contributed by atoms with van der Waals surface area (Å²) >= 11 is 0. The van der Waals surface area contributed by atoms with Crippen LogP contribution >= 0.6 is 0 Å². The van der Waals surface area contributed by atoms with Gasteiger partial charge in [-0.05, 0) is 30.6 Å².